The van der Waals surface area contributed by atoms with Crippen LogP contribution in [0.2, 0.25) is 0 Å². The van der Waals surface area contributed by atoms with Gasteiger partial charge in [-0.15, -0.1) is 5.47 Å². The first-order valence-corrected chi connectivity index (χ1v) is 2.92. The van der Waals surface area contributed by atoms with Crippen molar-refractivity contribution >= 4 is 7.85 Å². The standard InChI is InChI=1S/C8H11B/c1-4-8(9)6-5-7(2)3/h4-6H,2H2,1,3H3/b6-5-,8-4+. The summed E-state index contributed by atoms with van der Waals surface area (Å²) in [7, 11) is 5.45. The van der Waals surface area contributed by atoms with Crippen molar-refractivity contribution in [2.24, 2.45) is 0 Å². The quantitative estimate of drug-likeness (QED) is 0.385. The highest BCUT2D eigenvalue weighted by molar-refractivity contribution is 6.23. The van der Waals surface area contributed by atoms with Crippen LogP contribution in [0, 0.1) is 0 Å². The summed E-state index contributed by atoms with van der Waals surface area (Å²) in [5.74, 6) is 0. The second-order valence-corrected chi connectivity index (χ2v) is 1.97. The number of hydrogen-bond donors (Lipinski definition) is 0. The van der Waals surface area contributed by atoms with Gasteiger partial charge in [0, 0.05) is 0 Å². The third kappa shape index (κ3) is 5.15. The zero-order valence-electron chi connectivity index (χ0n) is 6.02. The predicted octanol–water partition coefficient (Wildman–Crippen LogP) is 2.19. The maximum absolute atomic E-state index is 5.45. The van der Waals surface area contributed by atoms with E-state index < -0.39 is 0 Å². The maximum atomic E-state index is 5.45. The highest BCUT2D eigenvalue weighted by Crippen LogP contribution is 1.94. The minimum Gasteiger partial charge on any atom is -0.101 e. The molecule has 0 fully saturated rings. The molecule has 0 unspecified atom stereocenters. The fraction of sp³-hybridized carbons (Fsp3) is 0.250. The van der Waals surface area contributed by atoms with Gasteiger partial charge >= 0.3 is 0 Å². The molecule has 0 amide bonds. The molecule has 0 aromatic carbocycles. The largest absolute Gasteiger partial charge is 0.113 e. The fourth-order valence-corrected chi connectivity index (χ4v) is 0.335. The minimum absolute atomic E-state index is 0.776. The minimum atomic E-state index is 0.776. The lowest BCUT2D eigenvalue weighted by Crippen LogP contribution is -1.72. The average Bonchev–Trinajstić information content (AvgIpc) is 1.83. The summed E-state index contributed by atoms with van der Waals surface area (Å²) >= 11 is 0. The monoisotopic (exact) mass is 118 g/mol. The van der Waals surface area contributed by atoms with E-state index >= 15 is 0 Å². The Morgan fingerprint density at radius 2 is 2.00 bits per heavy atom. The molecule has 0 saturated carbocycles. The van der Waals surface area contributed by atoms with Crippen molar-refractivity contribution < 1.29 is 0 Å². The molecule has 0 saturated heterocycles. The first-order chi connectivity index (χ1) is 4.16. The molecule has 0 rings (SSSR count). The van der Waals surface area contributed by atoms with Crippen molar-refractivity contribution in [3.8, 4) is 0 Å². The van der Waals surface area contributed by atoms with Crippen LogP contribution >= 0.6 is 0 Å². The van der Waals surface area contributed by atoms with E-state index in [0.29, 0.717) is 0 Å². The second-order valence-electron chi connectivity index (χ2n) is 1.97. The van der Waals surface area contributed by atoms with Gasteiger partial charge in [0.05, 0.1) is 0 Å². The smallest absolute Gasteiger partial charge is 0.101 e. The zero-order chi connectivity index (χ0) is 7.28. The fourth-order valence-electron chi connectivity index (χ4n) is 0.335. The molecule has 0 spiro atoms. The first kappa shape index (κ1) is 8.28. The van der Waals surface area contributed by atoms with Crippen molar-refractivity contribution in [2.45, 2.75) is 13.8 Å². The molecule has 0 atom stereocenters. The van der Waals surface area contributed by atoms with Crippen LogP contribution in [0.15, 0.2) is 35.9 Å². The van der Waals surface area contributed by atoms with E-state index in [1.54, 1.807) is 0 Å². The van der Waals surface area contributed by atoms with E-state index in [9.17, 15) is 0 Å². The molecule has 0 nitrogen and oxygen atoms in total. The Morgan fingerprint density at radius 3 is 2.33 bits per heavy atom. The number of hydrogen-bond acceptors (Lipinski definition) is 0. The molecule has 0 aromatic rings. The Kier molecular flexibility index (Phi) is 3.86. The SMILES string of the molecule is [B]C(/C=C\C(=C)C)=C/C. The summed E-state index contributed by atoms with van der Waals surface area (Å²) in [6, 6.07) is 0. The van der Waals surface area contributed by atoms with E-state index in [0.717, 1.165) is 11.0 Å². The van der Waals surface area contributed by atoms with Crippen molar-refractivity contribution in [2.75, 3.05) is 0 Å². The number of allylic oxidation sites excluding steroid dienone is 5. The van der Waals surface area contributed by atoms with Gasteiger partial charge in [0.25, 0.3) is 0 Å². The Labute approximate surface area is 58.4 Å². The van der Waals surface area contributed by atoms with Crippen molar-refractivity contribution in [3.63, 3.8) is 0 Å². The normalized spacial score (nSPS) is 12.4. The Hall–Kier alpha value is -0.715. The van der Waals surface area contributed by atoms with Crippen molar-refractivity contribution in [1.82, 2.24) is 0 Å². The summed E-state index contributed by atoms with van der Waals surface area (Å²) in [6.45, 7) is 7.52. The highest BCUT2D eigenvalue weighted by atomic mass is 13.8. The molecule has 9 heavy (non-hydrogen) atoms. The van der Waals surface area contributed by atoms with Crippen LogP contribution in [-0.4, -0.2) is 7.85 Å². The van der Waals surface area contributed by atoms with Gasteiger partial charge in [-0.3, -0.25) is 0 Å². The molecular weight excluding hydrogens is 107 g/mol. The van der Waals surface area contributed by atoms with Gasteiger partial charge in [-0.05, 0) is 13.8 Å². The Balaban J connectivity index is 3.86. The average molecular weight is 118 g/mol. The summed E-state index contributed by atoms with van der Waals surface area (Å²) in [5.41, 5.74) is 1.79. The molecule has 0 bridgehead atoms. The van der Waals surface area contributed by atoms with Gasteiger partial charge < -0.3 is 0 Å². The lowest BCUT2D eigenvalue weighted by atomic mass is 9.95. The molecule has 0 N–H and O–H groups in total. The third-order valence-electron chi connectivity index (χ3n) is 0.894. The molecule has 46 valence electrons. The zero-order valence-corrected chi connectivity index (χ0v) is 6.02. The maximum Gasteiger partial charge on any atom is 0.113 e. The van der Waals surface area contributed by atoms with E-state index in [2.05, 4.69) is 6.58 Å². The van der Waals surface area contributed by atoms with E-state index in [1.165, 1.54) is 0 Å². The molecule has 0 aliphatic carbocycles. The molecular formula is C8H11B. The summed E-state index contributed by atoms with van der Waals surface area (Å²) in [5, 5.41) is 0. The van der Waals surface area contributed by atoms with Crippen LogP contribution in [0.25, 0.3) is 0 Å². The highest BCUT2D eigenvalue weighted by Gasteiger charge is 1.75. The van der Waals surface area contributed by atoms with Crippen LogP contribution in [0.3, 0.4) is 0 Å². The molecule has 1 heteroatoms. The number of rotatable bonds is 2. The van der Waals surface area contributed by atoms with Gasteiger partial charge in [0.15, 0.2) is 0 Å². The van der Waals surface area contributed by atoms with Crippen molar-refractivity contribution in [3.05, 3.63) is 35.9 Å². The molecule has 0 heterocycles. The van der Waals surface area contributed by atoms with Crippen LogP contribution < -0.4 is 0 Å². The Bertz CT molecular complexity index is 152. The van der Waals surface area contributed by atoms with E-state index in [-0.39, 0.29) is 0 Å². The van der Waals surface area contributed by atoms with Gasteiger partial charge in [0.2, 0.25) is 0 Å². The van der Waals surface area contributed by atoms with Gasteiger partial charge in [-0.2, -0.15) is 0 Å². The van der Waals surface area contributed by atoms with Crippen LogP contribution in [0.5, 0.6) is 0 Å². The topological polar surface area (TPSA) is 0 Å². The molecule has 2 radical (unpaired) electrons. The second kappa shape index (κ2) is 4.19. The lowest BCUT2D eigenvalue weighted by molar-refractivity contribution is 1.55. The molecule has 0 aliphatic rings. The lowest BCUT2D eigenvalue weighted by Gasteiger charge is -1.87. The van der Waals surface area contributed by atoms with Crippen LogP contribution in [0.1, 0.15) is 13.8 Å². The Morgan fingerprint density at radius 1 is 1.44 bits per heavy atom. The predicted molar refractivity (Wildman–Crippen MR) is 43.5 cm³/mol. The van der Waals surface area contributed by atoms with Gasteiger partial charge in [0.1, 0.15) is 7.85 Å². The van der Waals surface area contributed by atoms with E-state index in [1.807, 2.05) is 32.1 Å². The summed E-state index contributed by atoms with van der Waals surface area (Å²) < 4.78 is 0. The molecule has 0 aliphatic heterocycles. The third-order valence-corrected chi connectivity index (χ3v) is 0.894. The summed E-state index contributed by atoms with van der Waals surface area (Å²) in [4.78, 5) is 0. The van der Waals surface area contributed by atoms with E-state index in [4.69, 9.17) is 7.85 Å². The molecule has 0 aromatic heterocycles. The van der Waals surface area contributed by atoms with Gasteiger partial charge in [-0.25, -0.2) is 0 Å². The van der Waals surface area contributed by atoms with Gasteiger partial charge in [-0.1, -0.05) is 30.4 Å². The van der Waals surface area contributed by atoms with Crippen LogP contribution in [0.4, 0.5) is 0 Å². The van der Waals surface area contributed by atoms with Crippen molar-refractivity contribution in [1.29, 1.82) is 0 Å². The summed E-state index contributed by atoms with van der Waals surface area (Å²) in [6.07, 6.45) is 5.57. The first-order valence-electron chi connectivity index (χ1n) is 2.92. The van der Waals surface area contributed by atoms with Crippen LogP contribution in [-0.2, 0) is 0 Å².